The number of fused-ring (bicyclic) bond motifs is 2. The number of ketones is 1. The first-order valence-electron chi connectivity index (χ1n) is 7.17. The van der Waals surface area contributed by atoms with Gasteiger partial charge in [-0.15, -0.1) is 0 Å². The van der Waals surface area contributed by atoms with Gasteiger partial charge in [-0.2, -0.15) is 0 Å². The third-order valence-corrected chi connectivity index (χ3v) is 4.39. The third kappa shape index (κ3) is 1.88. The van der Waals surface area contributed by atoms with Crippen LogP contribution in [0.1, 0.15) is 33.1 Å². The molecule has 4 rings (SSSR count). The lowest BCUT2D eigenvalue weighted by Gasteiger charge is -2.28. The number of rotatable bonds is 1. The molecule has 0 unspecified atom stereocenters. The zero-order valence-electron chi connectivity index (χ0n) is 12.0. The van der Waals surface area contributed by atoms with Crippen molar-refractivity contribution in [3.8, 4) is 0 Å². The lowest BCUT2D eigenvalue weighted by molar-refractivity contribution is 0.103. The number of carbonyl (C=O) groups is 1. The Bertz CT molecular complexity index is 836. The van der Waals surface area contributed by atoms with E-state index in [-0.39, 0.29) is 11.8 Å². The van der Waals surface area contributed by atoms with Crippen LogP contribution in [0.15, 0.2) is 54.1 Å². The molecule has 0 bridgehead atoms. The van der Waals surface area contributed by atoms with E-state index >= 15 is 0 Å². The number of hydrogen-bond donors (Lipinski definition) is 2. The number of hydrogen-bond acceptors (Lipinski definition) is 2. The Labute approximate surface area is 134 Å². The number of Topliss-reactive ketones (excluding diaryl/α,β-unsaturated/α-hetero) is 1. The summed E-state index contributed by atoms with van der Waals surface area (Å²) in [5.41, 5.74) is 5.50. The smallest absolute Gasteiger partial charge is 0.194 e. The maximum absolute atomic E-state index is 12.8. The Morgan fingerprint density at radius 1 is 1.00 bits per heavy atom. The molecule has 3 nitrogen and oxygen atoms in total. The summed E-state index contributed by atoms with van der Waals surface area (Å²) in [6, 6.07) is 15.6. The fourth-order valence-electron chi connectivity index (χ4n) is 3.07. The molecule has 0 saturated heterocycles. The first-order chi connectivity index (χ1) is 10.6. The zero-order chi connectivity index (χ0) is 15.3. The fraction of sp³-hybridized carbons (Fsp3) is 0.111. The molecule has 4 heteroatoms. The van der Waals surface area contributed by atoms with Crippen LogP contribution < -0.4 is 10.6 Å². The van der Waals surface area contributed by atoms with Crippen LogP contribution in [-0.2, 0) is 0 Å². The number of carbonyl (C=O) groups excluding carboxylic acids is 1. The minimum Gasteiger partial charge on any atom is -0.351 e. The SMILES string of the molecule is Cc1ccc([C@H]2NC(=S)NC3=C2C(=O)c2ccccc23)cc1. The van der Waals surface area contributed by atoms with Gasteiger partial charge in [0.1, 0.15) is 0 Å². The minimum atomic E-state index is -0.204. The van der Waals surface area contributed by atoms with Gasteiger partial charge in [0.25, 0.3) is 0 Å². The average molecular weight is 306 g/mol. The van der Waals surface area contributed by atoms with E-state index < -0.39 is 0 Å². The second-order valence-electron chi connectivity index (χ2n) is 5.61. The second kappa shape index (κ2) is 4.78. The summed E-state index contributed by atoms with van der Waals surface area (Å²) in [7, 11) is 0. The maximum Gasteiger partial charge on any atom is 0.194 e. The molecule has 0 aromatic heterocycles. The monoisotopic (exact) mass is 306 g/mol. The summed E-state index contributed by atoms with van der Waals surface area (Å²) >= 11 is 5.33. The molecule has 0 saturated carbocycles. The van der Waals surface area contributed by atoms with Crippen molar-refractivity contribution in [2.75, 3.05) is 0 Å². The van der Waals surface area contributed by atoms with E-state index in [2.05, 4.69) is 22.8 Å². The number of aryl methyl sites for hydroxylation is 1. The van der Waals surface area contributed by atoms with E-state index in [4.69, 9.17) is 12.2 Å². The van der Waals surface area contributed by atoms with Gasteiger partial charge in [0, 0.05) is 11.1 Å². The molecule has 2 N–H and O–H groups in total. The summed E-state index contributed by atoms with van der Waals surface area (Å²) in [6.45, 7) is 2.05. The molecule has 1 aliphatic carbocycles. The van der Waals surface area contributed by atoms with Crippen molar-refractivity contribution >= 4 is 28.8 Å². The molecular weight excluding hydrogens is 292 g/mol. The van der Waals surface area contributed by atoms with Gasteiger partial charge < -0.3 is 10.6 Å². The van der Waals surface area contributed by atoms with E-state index in [1.165, 1.54) is 5.56 Å². The molecule has 0 amide bonds. The van der Waals surface area contributed by atoms with Crippen LogP contribution >= 0.6 is 12.2 Å². The Kier molecular flexibility index (Phi) is 2.87. The zero-order valence-corrected chi connectivity index (χ0v) is 12.8. The van der Waals surface area contributed by atoms with Crippen molar-refractivity contribution in [3.63, 3.8) is 0 Å². The van der Waals surface area contributed by atoms with Crippen molar-refractivity contribution < 1.29 is 4.79 Å². The normalized spacial score (nSPS) is 19.4. The van der Waals surface area contributed by atoms with Crippen molar-refractivity contribution in [3.05, 3.63) is 76.4 Å². The summed E-state index contributed by atoms with van der Waals surface area (Å²) < 4.78 is 0. The lowest BCUT2D eigenvalue weighted by Crippen LogP contribution is -2.43. The molecule has 1 heterocycles. The van der Waals surface area contributed by atoms with E-state index in [1.807, 2.05) is 43.3 Å². The van der Waals surface area contributed by atoms with Gasteiger partial charge in [-0.05, 0) is 24.7 Å². The number of nitrogens with one attached hydrogen (secondary N) is 2. The van der Waals surface area contributed by atoms with Crippen LogP contribution in [0.25, 0.3) is 5.70 Å². The van der Waals surface area contributed by atoms with Crippen molar-refractivity contribution in [1.82, 2.24) is 10.6 Å². The average Bonchev–Trinajstić information content (AvgIpc) is 2.81. The van der Waals surface area contributed by atoms with Crippen LogP contribution in [0.5, 0.6) is 0 Å². The van der Waals surface area contributed by atoms with E-state index in [1.54, 1.807) is 0 Å². The van der Waals surface area contributed by atoms with Gasteiger partial charge in [-0.1, -0.05) is 54.1 Å². The van der Waals surface area contributed by atoms with Crippen LogP contribution in [-0.4, -0.2) is 10.9 Å². The Morgan fingerprint density at radius 3 is 2.41 bits per heavy atom. The molecule has 0 spiro atoms. The minimum absolute atomic E-state index is 0.0682. The molecule has 2 aliphatic rings. The third-order valence-electron chi connectivity index (χ3n) is 4.17. The molecule has 22 heavy (non-hydrogen) atoms. The van der Waals surface area contributed by atoms with Crippen LogP contribution in [0.3, 0.4) is 0 Å². The van der Waals surface area contributed by atoms with Gasteiger partial charge >= 0.3 is 0 Å². The molecule has 1 aliphatic heterocycles. The highest BCUT2D eigenvalue weighted by molar-refractivity contribution is 7.80. The van der Waals surface area contributed by atoms with Crippen LogP contribution in [0.4, 0.5) is 0 Å². The molecule has 2 aromatic rings. The highest BCUT2D eigenvalue weighted by Crippen LogP contribution is 2.39. The molecular formula is C18H14N2OS. The van der Waals surface area contributed by atoms with E-state index in [9.17, 15) is 4.79 Å². The Balaban J connectivity index is 1.88. The summed E-state index contributed by atoms with van der Waals surface area (Å²) in [4.78, 5) is 12.8. The van der Waals surface area contributed by atoms with E-state index in [0.717, 1.165) is 28.0 Å². The molecule has 108 valence electrons. The predicted molar refractivity (Wildman–Crippen MR) is 90.5 cm³/mol. The van der Waals surface area contributed by atoms with Crippen molar-refractivity contribution in [2.45, 2.75) is 13.0 Å². The molecule has 0 fully saturated rings. The lowest BCUT2D eigenvalue weighted by atomic mass is 9.94. The summed E-state index contributed by atoms with van der Waals surface area (Å²) in [5.74, 6) is 0.0682. The van der Waals surface area contributed by atoms with Gasteiger partial charge in [-0.3, -0.25) is 4.79 Å². The molecule has 1 atom stereocenters. The number of benzene rings is 2. The van der Waals surface area contributed by atoms with Crippen LogP contribution in [0, 0.1) is 6.92 Å². The standard InChI is InChI=1S/C18H14N2OS/c1-10-6-8-11(9-7-10)15-14-16(20-18(22)19-15)12-4-2-3-5-13(12)17(14)21/h2-9,15H,1H3,(H2,19,20,22)/t15-/m1/s1. The second-order valence-corrected chi connectivity index (χ2v) is 6.01. The first-order valence-corrected chi connectivity index (χ1v) is 7.58. The highest BCUT2D eigenvalue weighted by Gasteiger charge is 2.38. The Morgan fingerprint density at radius 2 is 1.68 bits per heavy atom. The van der Waals surface area contributed by atoms with Gasteiger partial charge in [-0.25, -0.2) is 0 Å². The number of thiocarbonyl (C=S) groups is 1. The van der Waals surface area contributed by atoms with Crippen LogP contribution in [0.2, 0.25) is 0 Å². The molecule has 2 aromatic carbocycles. The van der Waals surface area contributed by atoms with Gasteiger partial charge in [0.15, 0.2) is 10.9 Å². The van der Waals surface area contributed by atoms with Crippen molar-refractivity contribution in [1.29, 1.82) is 0 Å². The predicted octanol–water partition coefficient (Wildman–Crippen LogP) is 3.12. The van der Waals surface area contributed by atoms with Crippen molar-refractivity contribution in [2.24, 2.45) is 0 Å². The maximum atomic E-state index is 12.8. The summed E-state index contributed by atoms with van der Waals surface area (Å²) in [6.07, 6.45) is 0. The first kappa shape index (κ1) is 13.2. The van der Waals surface area contributed by atoms with E-state index in [0.29, 0.717) is 5.11 Å². The summed E-state index contributed by atoms with van der Waals surface area (Å²) in [5, 5.41) is 6.94. The Hall–Kier alpha value is -2.46. The fourth-order valence-corrected chi connectivity index (χ4v) is 3.29. The van der Waals surface area contributed by atoms with Gasteiger partial charge in [0.2, 0.25) is 0 Å². The largest absolute Gasteiger partial charge is 0.351 e. The highest BCUT2D eigenvalue weighted by atomic mass is 32.1. The quantitative estimate of drug-likeness (QED) is 0.794. The van der Waals surface area contributed by atoms with Gasteiger partial charge in [0.05, 0.1) is 17.3 Å². The molecule has 0 radical (unpaired) electrons. The topological polar surface area (TPSA) is 41.1 Å².